The Balaban J connectivity index is 2.13. The second-order valence-electron chi connectivity index (χ2n) is 3.87. The molecule has 4 heteroatoms. The number of fused-ring (bicyclic) bond motifs is 1. The van der Waals surface area contributed by atoms with Crippen molar-refractivity contribution in [2.75, 3.05) is 13.1 Å². The monoisotopic (exact) mass is 218 g/mol. The fourth-order valence-electron chi connectivity index (χ4n) is 1.97. The van der Waals surface area contributed by atoms with Crippen molar-refractivity contribution in [3.63, 3.8) is 0 Å². The smallest absolute Gasteiger partial charge is 0.170 e. The van der Waals surface area contributed by atoms with Gasteiger partial charge < -0.3 is 9.84 Å². The van der Waals surface area contributed by atoms with E-state index in [1.165, 1.54) is 12.1 Å². The first-order valence-corrected chi connectivity index (χ1v) is 5.29. The van der Waals surface area contributed by atoms with Crippen LogP contribution in [-0.2, 0) is 0 Å². The van der Waals surface area contributed by atoms with Gasteiger partial charge in [-0.15, -0.1) is 0 Å². The zero-order valence-corrected chi connectivity index (χ0v) is 8.66. The van der Waals surface area contributed by atoms with Crippen molar-refractivity contribution >= 4 is 16.5 Å². The van der Waals surface area contributed by atoms with E-state index in [-0.39, 0.29) is 5.82 Å². The van der Waals surface area contributed by atoms with Gasteiger partial charge in [0.15, 0.2) is 5.58 Å². The summed E-state index contributed by atoms with van der Waals surface area (Å²) in [7, 11) is 0. The average Bonchev–Trinajstić information content (AvgIpc) is 2.73. The highest BCUT2D eigenvalue weighted by molar-refractivity contribution is 5.89. The zero-order chi connectivity index (χ0) is 11.0. The summed E-state index contributed by atoms with van der Waals surface area (Å²) in [6.45, 7) is 1.78. The molecule has 0 saturated heterocycles. The van der Waals surface area contributed by atoms with Crippen LogP contribution in [0.4, 0.5) is 4.39 Å². The van der Waals surface area contributed by atoms with Gasteiger partial charge in [0.25, 0.3) is 0 Å². The Hall–Kier alpha value is -1.68. The molecule has 1 aromatic carbocycles. The number of nitrogens with one attached hydrogen (secondary N) is 1. The standard InChI is InChI=1S/C12H11FN2O/c13-9-3-4-10-11(6-9)16-15-12(10)8-2-1-5-14-7-8/h2-4,6,14H,1,5,7H2. The van der Waals surface area contributed by atoms with Crippen LogP contribution in [-0.4, -0.2) is 18.2 Å². The number of hydrogen-bond donors (Lipinski definition) is 1. The molecular weight excluding hydrogens is 207 g/mol. The molecule has 2 aromatic rings. The highest BCUT2D eigenvalue weighted by Gasteiger charge is 2.14. The fourth-order valence-corrected chi connectivity index (χ4v) is 1.97. The van der Waals surface area contributed by atoms with Crippen LogP contribution in [0.5, 0.6) is 0 Å². The van der Waals surface area contributed by atoms with Gasteiger partial charge in [-0.1, -0.05) is 11.2 Å². The fraction of sp³-hybridized carbons (Fsp3) is 0.250. The zero-order valence-electron chi connectivity index (χ0n) is 8.66. The summed E-state index contributed by atoms with van der Waals surface area (Å²) >= 11 is 0. The number of hydrogen-bond acceptors (Lipinski definition) is 3. The number of aromatic nitrogens is 1. The summed E-state index contributed by atoms with van der Waals surface area (Å²) in [6.07, 6.45) is 3.14. The minimum atomic E-state index is -0.300. The van der Waals surface area contributed by atoms with Gasteiger partial charge in [0.1, 0.15) is 11.5 Å². The highest BCUT2D eigenvalue weighted by Crippen LogP contribution is 2.25. The molecule has 0 atom stereocenters. The summed E-state index contributed by atoms with van der Waals surface area (Å²) in [5, 5.41) is 8.16. The molecule has 0 spiro atoms. The van der Waals surface area contributed by atoms with Gasteiger partial charge in [-0.05, 0) is 30.7 Å². The topological polar surface area (TPSA) is 38.1 Å². The summed E-state index contributed by atoms with van der Waals surface area (Å²) in [5.41, 5.74) is 2.44. The van der Waals surface area contributed by atoms with E-state index < -0.39 is 0 Å². The molecule has 0 amide bonds. The first-order chi connectivity index (χ1) is 7.84. The van der Waals surface area contributed by atoms with Crippen LogP contribution < -0.4 is 5.32 Å². The Labute approximate surface area is 91.9 Å². The molecule has 0 radical (unpaired) electrons. The molecule has 0 aliphatic carbocycles. The molecule has 0 unspecified atom stereocenters. The molecule has 3 nitrogen and oxygen atoms in total. The molecule has 3 rings (SSSR count). The van der Waals surface area contributed by atoms with Crippen molar-refractivity contribution in [1.29, 1.82) is 0 Å². The van der Waals surface area contributed by atoms with Gasteiger partial charge in [-0.3, -0.25) is 0 Å². The van der Waals surface area contributed by atoms with E-state index in [1.807, 2.05) is 0 Å². The molecule has 1 aliphatic heterocycles. The lowest BCUT2D eigenvalue weighted by Gasteiger charge is -2.11. The Bertz CT molecular complexity index is 559. The van der Waals surface area contributed by atoms with Gasteiger partial charge in [-0.2, -0.15) is 0 Å². The molecule has 1 aromatic heterocycles. The number of rotatable bonds is 1. The van der Waals surface area contributed by atoms with E-state index in [4.69, 9.17) is 4.52 Å². The van der Waals surface area contributed by atoms with Crippen molar-refractivity contribution in [3.05, 3.63) is 35.8 Å². The van der Waals surface area contributed by atoms with Crippen molar-refractivity contribution in [1.82, 2.24) is 10.5 Å². The molecule has 0 saturated carbocycles. The van der Waals surface area contributed by atoms with Crippen molar-refractivity contribution in [3.8, 4) is 0 Å². The van der Waals surface area contributed by atoms with Gasteiger partial charge in [0.05, 0.1) is 0 Å². The Morgan fingerprint density at radius 3 is 3.12 bits per heavy atom. The largest absolute Gasteiger partial charge is 0.356 e. The van der Waals surface area contributed by atoms with Gasteiger partial charge >= 0.3 is 0 Å². The maximum Gasteiger partial charge on any atom is 0.170 e. The van der Waals surface area contributed by atoms with E-state index in [2.05, 4.69) is 16.5 Å². The van der Waals surface area contributed by atoms with Gasteiger partial charge in [0, 0.05) is 18.0 Å². The van der Waals surface area contributed by atoms with Crippen LogP contribution in [0.2, 0.25) is 0 Å². The molecule has 0 fully saturated rings. The molecule has 1 N–H and O–H groups in total. The van der Waals surface area contributed by atoms with Crippen LogP contribution >= 0.6 is 0 Å². The second-order valence-corrected chi connectivity index (χ2v) is 3.87. The summed E-state index contributed by atoms with van der Waals surface area (Å²) in [4.78, 5) is 0. The SMILES string of the molecule is Fc1ccc2c(C3=CCCNC3)noc2c1. The summed E-state index contributed by atoms with van der Waals surface area (Å²) < 4.78 is 18.1. The van der Waals surface area contributed by atoms with Crippen LogP contribution in [0.15, 0.2) is 28.8 Å². The average molecular weight is 218 g/mol. The quantitative estimate of drug-likeness (QED) is 0.798. The maximum atomic E-state index is 13.0. The predicted molar refractivity (Wildman–Crippen MR) is 59.4 cm³/mol. The lowest BCUT2D eigenvalue weighted by molar-refractivity contribution is 0.451. The Morgan fingerprint density at radius 2 is 2.31 bits per heavy atom. The van der Waals surface area contributed by atoms with E-state index in [1.54, 1.807) is 6.07 Å². The van der Waals surface area contributed by atoms with Crippen LogP contribution in [0.3, 0.4) is 0 Å². The molecule has 0 bridgehead atoms. The lowest BCUT2D eigenvalue weighted by Crippen LogP contribution is -2.21. The van der Waals surface area contributed by atoms with E-state index >= 15 is 0 Å². The van der Waals surface area contributed by atoms with E-state index in [0.29, 0.717) is 5.58 Å². The van der Waals surface area contributed by atoms with E-state index in [9.17, 15) is 4.39 Å². The van der Waals surface area contributed by atoms with Crippen LogP contribution in [0.25, 0.3) is 16.5 Å². The minimum Gasteiger partial charge on any atom is -0.356 e. The number of nitrogens with zero attached hydrogens (tertiary/aromatic N) is 1. The first kappa shape index (κ1) is 9.54. The molecule has 16 heavy (non-hydrogen) atoms. The second kappa shape index (κ2) is 3.72. The third-order valence-electron chi connectivity index (χ3n) is 2.77. The molecule has 82 valence electrons. The van der Waals surface area contributed by atoms with Crippen molar-refractivity contribution < 1.29 is 8.91 Å². The van der Waals surface area contributed by atoms with Crippen molar-refractivity contribution in [2.24, 2.45) is 0 Å². The third-order valence-corrected chi connectivity index (χ3v) is 2.77. The van der Waals surface area contributed by atoms with Gasteiger partial charge in [-0.25, -0.2) is 4.39 Å². The minimum absolute atomic E-state index is 0.300. The Kier molecular flexibility index (Phi) is 2.22. The molecule has 1 aliphatic rings. The van der Waals surface area contributed by atoms with Gasteiger partial charge in [0.2, 0.25) is 0 Å². The first-order valence-electron chi connectivity index (χ1n) is 5.29. The number of halogens is 1. The van der Waals surface area contributed by atoms with Crippen molar-refractivity contribution in [2.45, 2.75) is 6.42 Å². The maximum absolute atomic E-state index is 13.0. The molecule has 2 heterocycles. The predicted octanol–water partition coefficient (Wildman–Crippen LogP) is 2.34. The lowest BCUT2D eigenvalue weighted by atomic mass is 10.0. The Morgan fingerprint density at radius 1 is 1.38 bits per heavy atom. The van der Waals surface area contributed by atoms with Crippen LogP contribution in [0.1, 0.15) is 12.1 Å². The third kappa shape index (κ3) is 1.51. The summed E-state index contributed by atoms with van der Waals surface area (Å²) in [5.74, 6) is -0.300. The number of benzene rings is 1. The summed E-state index contributed by atoms with van der Waals surface area (Å²) in [6, 6.07) is 4.51. The van der Waals surface area contributed by atoms with Crippen LogP contribution in [0, 0.1) is 5.82 Å². The highest BCUT2D eigenvalue weighted by atomic mass is 19.1. The van der Waals surface area contributed by atoms with E-state index in [0.717, 1.165) is 36.2 Å². The molecular formula is C12H11FN2O. The normalized spacial score (nSPS) is 16.4.